The fourth-order valence-electron chi connectivity index (χ4n) is 1.60. The van der Waals surface area contributed by atoms with Crippen molar-refractivity contribution in [1.29, 1.82) is 0 Å². The molecule has 96 valence electrons. The Morgan fingerprint density at radius 3 is 2.68 bits per heavy atom. The first kappa shape index (κ1) is 11.9. The molecule has 3 aromatic rings. The fourth-order valence-corrected chi connectivity index (χ4v) is 2.39. The van der Waals surface area contributed by atoms with Gasteiger partial charge < -0.3 is 14.6 Å². The molecular weight excluding hydrogens is 269 g/mol. The summed E-state index contributed by atoms with van der Waals surface area (Å²) in [5.74, 6) is -2.17. The number of hydrogen-bond acceptors (Lipinski definition) is 5. The van der Waals surface area contributed by atoms with Gasteiger partial charge >= 0.3 is 0 Å². The average molecular weight is 277 g/mol. The van der Waals surface area contributed by atoms with Crippen LogP contribution < -0.4 is 0 Å². The number of rotatable bonds is 2. The van der Waals surface area contributed by atoms with E-state index in [2.05, 4.69) is 4.98 Å². The molecule has 0 aliphatic heterocycles. The van der Waals surface area contributed by atoms with Gasteiger partial charge in [0.15, 0.2) is 22.9 Å². The second kappa shape index (κ2) is 4.47. The van der Waals surface area contributed by atoms with Gasteiger partial charge in [-0.2, -0.15) is 0 Å². The van der Waals surface area contributed by atoms with Crippen LogP contribution in [0.2, 0.25) is 0 Å². The topological polar surface area (TPSA) is 66.5 Å². The van der Waals surface area contributed by atoms with E-state index in [1.54, 1.807) is 12.1 Å². The van der Waals surface area contributed by atoms with Gasteiger partial charge in [0.25, 0.3) is 5.22 Å². The Morgan fingerprint density at radius 2 is 1.89 bits per heavy atom. The van der Waals surface area contributed by atoms with Crippen LogP contribution in [0.15, 0.2) is 50.9 Å². The number of fused-ring (bicyclic) bond motifs is 1. The van der Waals surface area contributed by atoms with Gasteiger partial charge in [-0.25, -0.2) is 9.37 Å². The first-order valence-corrected chi connectivity index (χ1v) is 6.20. The maximum atomic E-state index is 13.7. The van der Waals surface area contributed by atoms with E-state index < -0.39 is 17.3 Å². The summed E-state index contributed by atoms with van der Waals surface area (Å²) >= 11 is 0.939. The second-order valence-electron chi connectivity index (χ2n) is 3.79. The highest BCUT2D eigenvalue weighted by atomic mass is 32.2. The van der Waals surface area contributed by atoms with Crippen molar-refractivity contribution in [1.82, 2.24) is 4.98 Å². The first-order valence-electron chi connectivity index (χ1n) is 5.39. The number of hydrogen-bond donors (Lipinski definition) is 2. The van der Waals surface area contributed by atoms with Gasteiger partial charge in [0, 0.05) is 0 Å². The highest BCUT2D eigenvalue weighted by Gasteiger charge is 2.15. The van der Waals surface area contributed by atoms with E-state index in [0.717, 1.165) is 11.8 Å². The molecule has 1 aromatic heterocycles. The molecular formula is C13H8FNO3S. The van der Waals surface area contributed by atoms with Crippen molar-refractivity contribution < 1.29 is 19.0 Å². The Bertz CT molecular complexity index is 724. The number of phenols is 2. The molecule has 0 bridgehead atoms. The summed E-state index contributed by atoms with van der Waals surface area (Å²) in [4.78, 5) is 4.31. The number of aromatic nitrogens is 1. The van der Waals surface area contributed by atoms with Gasteiger partial charge in [-0.1, -0.05) is 12.1 Å². The molecule has 4 nitrogen and oxygen atoms in total. The number of aromatic hydroxyl groups is 2. The van der Waals surface area contributed by atoms with Crippen molar-refractivity contribution in [3.8, 4) is 11.5 Å². The number of phenolic OH excluding ortho intramolecular Hbond substituents is 2. The summed E-state index contributed by atoms with van der Waals surface area (Å²) in [6.07, 6.45) is 0. The van der Waals surface area contributed by atoms with E-state index >= 15 is 0 Å². The van der Waals surface area contributed by atoms with Crippen LogP contribution >= 0.6 is 11.8 Å². The molecule has 0 saturated heterocycles. The van der Waals surface area contributed by atoms with Crippen molar-refractivity contribution in [2.45, 2.75) is 10.1 Å². The molecule has 0 atom stereocenters. The highest BCUT2D eigenvalue weighted by Crippen LogP contribution is 2.38. The Hall–Kier alpha value is -2.21. The third-order valence-corrected chi connectivity index (χ3v) is 3.42. The first-order chi connectivity index (χ1) is 9.15. The Labute approximate surface area is 111 Å². The van der Waals surface area contributed by atoms with Crippen molar-refractivity contribution in [3.63, 3.8) is 0 Å². The maximum Gasteiger partial charge on any atom is 0.261 e. The van der Waals surface area contributed by atoms with Crippen LogP contribution in [-0.2, 0) is 0 Å². The van der Waals surface area contributed by atoms with Gasteiger partial charge in [-0.15, -0.1) is 0 Å². The zero-order valence-corrected chi connectivity index (χ0v) is 10.3. The normalized spacial score (nSPS) is 11.0. The standard InChI is InChI=1S/C13H8FNO3S/c14-11-10(6-5-8(16)12(11)17)19-13-15-7-3-1-2-4-9(7)18-13/h1-6,16-17H. The monoisotopic (exact) mass is 277 g/mol. The molecule has 0 aliphatic rings. The lowest BCUT2D eigenvalue weighted by Crippen LogP contribution is -1.83. The minimum atomic E-state index is -0.896. The predicted octanol–water partition coefficient (Wildman–Crippen LogP) is 3.53. The molecule has 2 aromatic carbocycles. The zero-order chi connectivity index (χ0) is 13.4. The largest absolute Gasteiger partial charge is 0.504 e. The van der Waals surface area contributed by atoms with E-state index in [9.17, 15) is 9.50 Å². The van der Waals surface area contributed by atoms with Crippen LogP contribution in [0.1, 0.15) is 0 Å². The lowest BCUT2D eigenvalue weighted by Gasteiger charge is -2.03. The molecule has 0 amide bonds. The predicted molar refractivity (Wildman–Crippen MR) is 67.9 cm³/mol. The van der Waals surface area contributed by atoms with Crippen LogP contribution in [0.3, 0.4) is 0 Å². The maximum absolute atomic E-state index is 13.7. The molecule has 19 heavy (non-hydrogen) atoms. The van der Waals surface area contributed by atoms with E-state index in [0.29, 0.717) is 11.1 Å². The van der Waals surface area contributed by atoms with E-state index in [1.807, 2.05) is 12.1 Å². The van der Waals surface area contributed by atoms with Gasteiger partial charge in [-0.3, -0.25) is 0 Å². The third-order valence-electron chi connectivity index (χ3n) is 2.53. The lowest BCUT2D eigenvalue weighted by molar-refractivity contribution is 0.373. The average Bonchev–Trinajstić information content (AvgIpc) is 2.82. The van der Waals surface area contributed by atoms with Crippen LogP contribution in [0.4, 0.5) is 4.39 Å². The number of halogens is 1. The molecule has 0 fully saturated rings. The van der Waals surface area contributed by atoms with Gasteiger partial charge in [-0.05, 0) is 36.0 Å². The second-order valence-corrected chi connectivity index (χ2v) is 4.79. The minimum absolute atomic E-state index is 0.127. The molecule has 0 unspecified atom stereocenters. The van der Waals surface area contributed by atoms with Crippen LogP contribution in [0.5, 0.6) is 11.5 Å². The minimum Gasteiger partial charge on any atom is -0.504 e. The zero-order valence-electron chi connectivity index (χ0n) is 9.50. The fraction of sp³-hybridized carbons (Fsp3) is 0. The molecule has 6 heteroatoms. The number of nitrogens with zero attached hydrogens (tertiary/aromatic N) is 1. The number of para-hydroxylation sites is 2. The summed E-state index contributed by atoms with van der Waals surface area (Å²) in [6, 6.07) is 9.75. The molecule has 0 spiro atoms. The van der Waals surface area contributed by atoms with E-state index in [1.165, 1.54) is 12.1 Å². The summed E-state index contributed by atoms with van der Waals surface area (Å²) < 4.78 is 19.1. The Balaban J connectivity index is 1.99. The van der Waals surface area contributed by atoms with Crippen LogP contribution in [0.25, 0.3) is 11.1 Å². The van der Waals surface area contributed by atoms with Crippen LogP contribution in [0, 0.1) is 5.82 Å². The smallest absolute Gasteiger partial charge is 0.261 e. The van der Waals surface area contributed by atoms with Gasteiger partial charge in [0.05, 0.1) is 4.90 Å². The quantitative estimate of drug-likeness (QED) is 0.701. The van der Waals surface area contributed by atoms with Crippen molar-refractivity contribution in [3.05, 3.63) is 42.2 Å². The summed E-state index contributed by atoms with van der Waals surface area (Å²) in [5, 5.41) is 18.8. The molecule has 0 saturated carbocycles. The van der Waals surface area contributed by atoms with Crippen LogP contribution in [-0.4, -0.2) is 15.2 Å². The number of benzene rings is 2. The Kier molecular flexibility index (Phi) is 2.79. The van der Waals surface area contributed by atoms with Crippen molar-refractivity contribution in [2.24, 2.45) is 0 Å². The van der Waals surface area contributed by atoms with Gasteiger partial charge in [0.1, 0.15) is 5.52 Å². The molecule has 2 N–H and O–H groups in total. The van der Waals surface area contributed by atoms with Crippen molar-refractivity contribution >= 4 is 22.9 Å². The molecule has 3 rings (SSSR count). The summed E-state index contributed by atoms with van der Waals surface area (Å²) in [5.41, 5.74) is 1.28. The van der Waals surface area contributed by atoms with E-state index in [4.69, 9.17) is 9.52 Å². The third kappa shape index (κ3) is 2.10. The Morgan fingerprint density at radius 1 is 1.11 bits per heavy atom. The SMILES string of the molecule is Oc1ccc(Sc2nc3ccccc3o2)c(F)c1O. The molecule has 1 heterocycles. The molecule has 0 radical (unpaired) electrons. The highest BCUT2D eigenvalue weighted by molar-refractivity contribution is 7.99. The molecule has 0 aliphatic carbocycles. The van der Waals surface area contributed by atoms with E-state index in [-0.39, 0.29) is 10.1 Å². The van der Waals surface area contributed by atoms with Gasteiger partial charge in [0.2, 0.25) is 0 Å². The summed E-state index contributed by atoms with van der Waals surface area (Å²) in [7, 11) is 0. The summed E-state index contributed by atoms with van der Waals surface area (Å²) in [6.45, 7) is 0. The van der Waals surface area contributed by atoms with Crippen molar-refractivity contribution in [2.75, 3.05) is 0 Å². The number of oxazole rings is 1. The lowest BCUT2D eigenvalue weighted by atomic mass is 10.3.